The van der Waals surface area contributed by atoms with Crippen LogP contribution >= 0.6 is 11.3 Å². The Morgan fingerprint density at radius 1 is 1.47 bits per heavy atom. The summed E-state index contributed by atoms with van der Waals surface area (Å²) in [7, 11) is 0. The molecule has 0 aliphatic carbocycles. The first kappa shape index (κ1) is 13.5. The van der Waals surface area contributed by atoms with E-state index in [1.165, 1.54) is 11.3 Å². The van der Waals surface area contributed by atoms with Gasteiger partial charge in [-0.1, -0.05) is 11.3 Å². The molecule has 19 heavy (non-hydrogen) atoms. The van der Waals surface area contributed by atoms with Crippen molar-refractivity contribution in [2.24, 2.45) is 0 Å². The largest absolute Gasteiger partial charge is 0.435 e. The molecular formula is C9H8F3N5OS. The van der Waals surface area contributed by atoms with Crippen LogP contribution in [0.15, 0.2) is 6.07 Å². The summed E-state index contributed by atoms with van der Waals surface area (Å²) < 4.78 is 36.9. The average molecular weight is 291 g/mol. The summed E-state index contributed by atoms with van der Waals surface area (Å²) in [5.74, 6) is -0.492. The highest BCUT2D eigenvalue weighted by molar-refractivity contribution is 7.15. The standard InChI is InChI=1S/C9H8F3N5OS/c1-4-14-17-8(19-4)13-7(18)3-5-2-6(16-15-5)9(10,11)12/h2H,3H2,1H3,(H,15,16)(H,13,17,18). The van der Waals surface area contributed by atoms with Crippen molar-refractivity contribution < 1.29 is 18.0 Å². The molecule has 0 aromatic carbocycles. The molecule has 0 saturated heterocycles. The van der Waals surface area contributed by atoms with Crippen LogP contribution in [0.5, 0.6) is 0 Å². The fraction of sp³-hybridized carbons (Fsp3) is 0.333. The Morgan fingerprint density at radius 3 is 2.74 bits per heavy atom. The van der Waals surface area contributed by atoms with Crippen LogP contribution in [0, 0.1) is 6.92 Å². The number of rotatable bonds is 3. The second-order valence-electron chi connectivity index (χ2n) is 3.63. The molecule has 0 aliphatic rings. The number of nitrogens with zero attached hydrogens (tertiary/aromatic N) is 3. The number of hydrogen-bond donors (Lipinski definition) is 2. The van der Waals surface area contributed by atoms with Gasteiger partial charge in [0.25, 0.3) is 0 Å². The zero-order chi connectivity index (χ0) is 14.0. The molecule has 0 atom stereocenters. The van der Waals surface area contributed by atoms with E-state index in [9.17, 15) is 18.0 Å². The molecule has 0 spiro atoms. The molecule has 2 aromatic rings. The SMILES string of the molecule is Cc1nnc(NC(=O)Cc2cc(C(F)(F)F)n[nH]2)s1. The average Bonchev–Trinajstić information content (AvgIpc) is 2.87. The van der Waals surface area contributed by atoms with Gasteiger partial charge in [-0.25, -0.2) is 0 Å². The van der Waals surface area contributed by atoms with Crippen LogP contribution in [0.1, 0.15) is 16.4 Å². The zero-order valence-electron chi connectivity index (χ0n) is 9.58. The molecule has 6 nitrogen and oxygen atoms in total. The highest BCUT2D eigenvalue weighted by Gasteiger charge is 2.33. The van der Waals surface area contributed by atoms with Gasteiger partial charge in [0.1, 0.15) is 5.01 Å². The molecule has 10 heteroatoms. The predicted molar refractivity (Wildman–Crippen MR) is 60.6 cm³/mol. The van der Waals surface area contributed by atoms with Gasteiger partial charge in [0, 0.05) is 5.69 Å². The minimum Gasteiger partial charge on any atom is -0.300 e. The Morgan fingerprint density at radius 2 is 2.21 bits per heavy atom. The molecule has 0 saturated carbocycles. The van der Waals surface area contributed by atoms with E-state index < -0.39 is 17.8 Å². The zero-order valence-corrected chi connectivity index (χ0v) is 10.4. The highest BCUT2D eigenvalue weighted by atomic mass is 32.1. The lowest BCUT2D eigenvalue weighted by Crippen LogP contribution is -2.14. The maximum absolute atomic E-state index is 12.3. The Bertz CT molecular complexity index is 591. The van der Waals surface area contributed by atoms with E-state index in [1.54, 1.807) is 6.92 Å². The van der Waals surface area contributed by atoms with Crippen molar-refractivity contribution in [1.82, 2.24) is 20.4 Å². The van der Waals surface area contributed by atoms with Crippen LogP contribution in [0.25, 0.3) is 0 Å². The van der Waals surface area contributed by atoms with E-state index in [2.05, 4.69) is 25.7 Å². The summed E-state index contributed by atoms with van der Waals surface area (Å²) >= 11 is 1.18. The second kappa shape index (κ2) is 4.96. The number of aromatic nitrogens is 4. The van der Waals surface area contributed by atoms with E-state index in [0.29, 0.717) is 10.1 Å². The topological polar surface area (TPSA) is 83.6 Å². The minimum atomic E-state index is -4.53. The number of halogens is 3. The Kier molecular flexibility index (Phi) is 3.51. The third-order valence-corrected chi connectivity index (χ3v) is 2.80. The smallest absolute Gasteiger partial charge is 0.300 e. The molecule has 2 N–H and O–H groups in total. The van der Waals surface area contributed by atoms with Gasteiger partial charge in [0.2, 0.25) is 11.0 Å². The van der Waals surface area contributed by atoms with Gasteiger partial charge in [0.15, 0.2) is 5.69 Å². The highest BCUT2D eigenvalue weighted by Crippen LogP contribution is 2.27. The molecule has 102 valence electrons. The minimum absolute atomic E-state index is 0.0751. The van der Waals surface area contributed by atoms with Gasteiger partial charge < -0.3 is 5.32 Å². The third-order valence-electron chi connectivity index (χ3n) is 2.04. The number of carbonyl (C=O) groups excluding carboxylic acids is 1. The van der Waals surface area contributed by atoms with Crippen LogP contribution < -0.4 is 5.32 Å². The van der Waals surface area contributed by atoms with Crippen molar-refractivity contribution in [3.8, 4) is 0 Å². The molecule has 1 amide bonds. The summed E-state index contributed by atoms with van der Waals surface area (Å²) in [5.41, 5.74) is -0.979. The fourth-order valence-electron chi connectivity index (χ4n) is 1.28. The first-order chi connectivity index (χ1) is 8.84. The normalized spacial score (nSPS) is 11.6. The Hall–Kier alpha value is -1.97. The van der Waals surface area contributed by atoms with Gasteiger partial charge in [-0.3, -0.25) is 9.89 Å². The number of aryl methyl sites for hydroxylation is 1. The predicted octanol–water partition coefficient (Wildman–Crippen LogP) is 1.77. The number of aromatic amines is 1. The van der Waals surface area contributed by atoms with E-state index in [0.717, 1.165) is 6.07 Å². The lowest BCUT2D eigenvalue weighted by molar-refractivity contribution is -0.141. The summed E-state index contributed by atoms with van der Waals surface area (Å²) in [6.07, 6.45) is -4.77. The number of carbonyl (C=O) groups is 1. The fourth-order valence-corrected chi connectivity index (χ4v) is 1.89. The Labute approximate surface area is 109 Å². The quantitative estimate of drug-likeness (QED) is 0.902. The number of nitrogens with one attached hydrogen (secondary N) is 2. The summed E-state index contributed by atoms with van der Waals surface area (Å²) in [5, 5.41) is 16.1. The first-order valence-corrected chi connectivity index (χ1v) is 5.87. The maximum atomic E-state index is 12.3. The summed E-state index contributed by atoms with van der Waals surface area (Å²) in [6.45, 7) is 1.72. The molecule has 2 heterocycles. The van der Waals surface area contributed by atoms with Gasteiger partial charge in [-0.2, -0.15) is 18.3 Å². The van der Waals surface area contributed by atoms with Crippen molar-refractivity contribution in [2.75, 3.05) is 5.32 Å². The van der Waals surface area contributed by atoms with Crippen LogP contribution in [0.3, 0.4) is 0 Å². The molecule has 2 rings (SSSR count). The number of H-pyrrole nitrogens is 1. The van der Waals surface area contributed by atoms with Crippen molar-refractivity contribution in [3.63, 3.8) is 0 Å². The lowest BCUT2D eigenvalue weighted by atomic mass is 10.2. The third kappa shape index (κ3) is 3.50. The molecule has 0 unspecified atom stereocenters. The maximum Gasteiger partial charge on any atom is 0.435 e. The molecule has 0 fully saturated rings. The lowest BCUT2D eigenvalue weighted by Gasteiger charge is -1.99. The summed E-state index contributed by atoms with van der Waals surface area (Å²) in [4.78, 5) is 11.5. The molecule has 0 radical (unpaired) electrons. The second-order valence-corrected chi connectivity index (χ2v) is 4.81. The van der Waals surface area contributed by atoms with Crippen LogP contribution in [-0.4, -0.2) is 26.3 Å². The number of hydrogen-bond acceptors (Lipinski definition) is 5. The van der Waals surface area contributed by atoms with Crippen LogP contribution in [-0.2, 0) is 17.4 Å². The van der Waals surface area contributed by atoms with Crippen LogP contribution in [0.2, 0.25) is 0 Å². The van der Waals surface area contributed by atoms with Crippen molar-refractivity contribution in [2.45, 2.75) is 19.5 Å². The molecule has 2 aromatic heterocycles. The number of anilines is 1. The van der Waals surface area contributed by atoms with Crippen molar-refractivity contribution in [3.05, 3.63) is 22.5 Å². The number of amides is 1. The van der Waals surface area contributed by atoms with Gasteiger partial charge in [-0.15, -0.1) is 10.2 Å². The monoisotopic (exact) mass is 291 g/mol. The molecule has 0 bridgehead atoms. The van der Waals surface area contributed by atoms with Crippen molar-refractivity contribution >= 4 is 22.4 Å². The van der Waals surface area contributed by atoms with Crippen LogP contribution in [0.4, 0.5) is 18.3 Å². The molecule has 0 aliphatic heterocycles. The molecular weight excluding hydrogens is 283 g/mol. The van der Waals surface area contributed by atoms with E-state index in [-0.39, 0.29) is 12.1 Å². The van der Waals surface area contributed by atoms with Crippen molar-refractivity contribution in [1.29, 1.82) is 0 Å². The number of alkyl halides is 3. The summed E-state index contributed by atoms with van der Waals surface area (Å²) in [6, 6.07) is 0.797. The van der Waals surface area contributed by atoms with Gasteiger partial charge in [0.05, 0.1) is 6.42 Å². The van der Waals surface area contributed by atoms with E-state index >= 15 is 0 Å². The van der Waals surface area contributed by atoms with E-state index in [4.69, 9.17) is 0 Å². The van der Waals surface area contributed by atoms with E-state index in [1.807, 2.05) is 0 Å². The first-order valence-electron chi connectivity index (χ1n) is 5.06. The van der Waals surface area contributed by atoms with Gasteiger partial charge in [-0.05, 0) is 13.0 Å². The van der Waals surface area contributed by atoms with Gasteiger partial charge >= 0.3 is 6.18 Å². The Balaban J connectivity index is 1.97.